The highest BCUT2D eigenvalue weighted by Gasteiger charge is 2.27. The third-order valence-electron chi connectivity index (χ3n) is 3.66. The van der Waals surface area contributed by atoms with E-state index in [9.17, 15) is 0 Å². The fourth-order valence-corrected chi connectivity index (χ4v) is 2.78. The number of rotatable bonds is 2. The number of aromatic nitrogens is 4. The van der Waals surface area contributed by atoms with Gasteiger partial charge in [-0.15, -0.1) is 5.10 Å². The number of hydrogen-bond acceptors (Lipinski definition) is 4. The maximum Gasteiger partial charge on any atom is 0.180 e. The van der Waals surface area contributed by atoms with Gasteiger partial charge in [0.2, 0.25) is 0 Å². The molecule has 1 aliphatic heterocycles. The van der Waals surface area contributed by atoms with Gasteiger partial charge in [-0.1, -0.05) is 19.3 Å². The van der Waals surface area contributed by atoms with Crippen LogP contribution in [0.3, 0.4) is 0 Å². The molecule has 0 radical (unpaired) electrons. The monoisotopic (exact) mass is 222 g/mol. The fourth-order valence-electron chi connectivity index (χ4n) is 2.78. The van der Waals surface area contributed by atoms with Gasteiger partial charge in [-0.3, -0.25) is 0 Å². The lowest BCUT2D eigenvalue weighted by Crippen LogP contribution is -2.18. The molecule has 1 atom stereocenters. The number of nitrogens with zero attached hydrogens (tertiary/aromatic N) is 4. The van der Waals surface area contributed by atoms with Crippen molar-refractivity contribution in [1.29, 1.82) is 0 Å². The summed E-state index contributed by atoms with van der Waals surface area (Å²) >= 11 is 0. The van der Waals surface area contributed by atoms with E-state index < -0.39 is 0 Å². The maximum absolute atomic E-state index is 5.67. The minimum Gasteiger partial charge on any atom is -0.370 e. The Balaban J connectivity index is 1.80. The van der Waals surface area contributed by atoms with E-state index in [1.54, 1.807) is 0 Å². The number of tetrazole rings is 1. The van der Waals surface area contributed by atoms with E-state index >= 15 is 0 Å². The van der Waals surface area contributed by atoms with Crippen LogP contribution in [0.15, 0.2) is 0 Å². The van der Waals surface area contributed by atoms with E-state index in [0.717, 1.165) is 25.3 Å². The van der Waals surface area contributed by atoms with E-state index in [-0.39, 0.29) is 6.10 Å². The molecule has 0 amide bonds. The van der Waals surface area contributed by atoms with Gasteiger partial charge in [-0.2, -0.15) is 0 Å². The lowest BCUT2D eigenvalue weighted by Gasteiger charge is -2.23. The van der Waals surface area contributed by atoms with Crippen LogP contribution < -0.4 is 0 Å². The lowest BCUT2D eigenvalue weighted by molar-refractivity contribution is 0.0974. The van der Waals surface area contributed by atoms with Gasteiger partial charge >= 0.3 is 0 Å². The Kier molecular flexibility index (Phi) is 2.86. The van der Waals surface area contributed by atoms with Gasteiger partial charge < -0.3 is 4.74 Å². The van der Waals surface area contributed by atoms with Crippen molar-refractivity contribution >= 4 is 0 Å². The molecular formula is C11H18N4O. The second kappa shape index (κ2) is 4.49. The first-order valence-corrected chi connectivity index (χ1v) is 6.34. The molecule has 1 aliphatic carbocycles. The smallest absolute Gasteiger partial charge is 0.180 e. The Labute approximate surface area is 95.2 Å². The average Bonchev–Trinajstić information content (AvgIpc) is 3.01. The van der Waals surface area contributed by atoms with Crippen molar-refractivity contribution in [3.63, 3.8) is 0 Å². The standard InChI is InChI=1S/C11H18N4O/c1-2-5-9(6-3-1)15-11(12-13-14-15)10-7-4-8-16-10/h9-10H,1-8H2. The highest BCUT2D eigenvalue weighted by Crippen LogP contribution is 2.32. The van der Waals surface area contributed by atoms with Crippen LogP contribution in [-0.4, -0.2) is 26.8 Å². The number of hydrogen-bond donors (Lipinski definition) is 0. The van der Waals surface area contributed by atoms with Gasteiger partial charge in [-0.25, -0.2) is 4.68 Å². The second-order valence-electron chi connectivity index (χ2n) is 4.78. The molecule has 2 heterocycles. The van der Waals surface area contributed by atoms with E-state index in [0.29, 0.717) is 6.04 Å². The molecular weight excluding hydrogens is 204 g/mol. The Morgan fingerprint density at radius 2 is 1.94 bits per heavy atom. The molecule has 3 rings (SSSR count). The van der Waals surface area contributed by atoms with Gasteiger partial charge in [-0.05, 0) is 36.1 Å². The Bertz CT molecular complexity index is 340. The molecule has 2 fully saturated rings. The van der Waals surface area contributed by atoms with Crippen LogP contribution in [0, 0.1) is 0 Å². The van der Waals surface area contributed by atoms with Crippen molar-refractivity contribution in [3.8, 4) is 0 Å². The van der Waals surface area contributed by atoms with Crippen molar-refractivity contribution in [1.82, 2.24) is 20.2 Å². The summed E-state index contributed by atoms with van der Waals surface area (Å²) in [5.41, 5.74) is 0. The summed E-state index contributed by atoms with van der Waals surface area (Å²) in [7, 11) is 0. The molecule has 0 spiro atoms. The zero-order valence-electron chi connectivity index (χ0n) is 9.51. The van der Waals surface area contributed by atoms with E-state index in [4.69, 9.17) is 4.74 Å². The maximum atomic E-state index is 5.67. The summed E-state index contributed by atoms with van der Waals surface area (Å²) in [6.45, 7) is 0.849. The minimum atomic E-state index is 0.136. The predicted octanol–water partition coefficient (Wildman–Crippen LogP) is 2.03. The van der Waals surface area contributed by atoms with Crippen LogP contribution in [0.5, 0.6) is 0 Å². The largest absolute Gasteiger partial charge is 0.370 e. The molecule has 1 aromatic heterocycles. The molecule has 1 saturated heterocycles. The first-order valence-electron chi connectivity index (χ1n) is 6.34. The van der Waals surface area contributed by atoms with Crippen molar-refractivity contribution in [2.24, 2.45) is 0 Å². The first kappa shape index (κ1) is 10.2. The van der Waals surface area contributed by atoms with Crippen LogP contribution >= 0.6 is 0 Å². The minimum absolute atomic E-state index is 0.136. The fraction of sp³-hybridized carbons (Fsp3) is 0.909. The van der Waals surface area contributed by atoms with Gasteiger partial charge in [0.05, 0.1) is 6.04 Å². The summed E-state index contributed by atoms with van der Waals surface area (Å²) in [6.07, 6.45) is 8.71. The van der Waals surface area contributed by atoms with Gasteiger partial charge in [0.1, 0.15) is 6.10 Å². The first-order chi connectivity index (χ1) is 7.95. The highest BCUT2D eigenvalue weighted by molar-refractivity contribution is 4.93. The third kappa shape index (κ3) is 1.84. The summed E-state index contributed by atoms with van der Waals surface area (Å²) in [5.74, 6) is 0.949. The Morgan fingerprint density at radius 1 is 1.06 bits per heavy atom. The summed E-state index contributed by atoms with van der Waals surface area (Å²) in [6, 6.07) is 0.503. The SMILES string of the molecule is C1CCC(n2nnnc2C2CCCO2)CC1. The molecule has 16 heavy (non-hydrogen) atoms. The summed E-state index contributed by atoms with van der Waals surface area (Å²) in [5, 5.41) is 12.1. The zero-order chi connectivity index (χ0) is 10.8. The Hall–Kier alpha value is -0.970. The van der Waals surface area contributed by atoms with Gasteiger partial charge in [0.25, 0.3) is 0 Å². The molecule has 1 saturated carbocycles. The molecule has 5 nitrogen and oxygen atoms in total. The van der Waals surface area contributed by atoms with Crippen molar-refractivity contribution < 1.29 is 4.74 Å². The molecule has 1 aromatic rings. The molecule has 2 aliphatic rings. The molecule has 1 unspecified atom stereocenters. The molecule has 0 bridgehead atoms. The third-order valence-corrected chi connectivity index (χ3v) is 3.66. The number of ether oxygens (including phenoxy) is 1. The molecule has 0 aromatic carbocycles. The van der Waals surface area contributed by atoms with E-state index in [1.165, 1.54) is 32.1 Å². The van der Waals surface area contributed by atoms with E-state index in [2.05, 4.69) is 15.5 Å². The summed E-state index contributed by atoms with van der Waals surface area (Å²) in [4.78, 5) is 0. The molecule has 5 heteroatoms. The quantitative estimate of drug-likeness (QED) is 0.768. The summed E-state index contributed by atoms with van der Waals surface area (Å²) < 4.78 is 7.69. The van der Waals surface area contributed by atoms with Crippen LogP contribution in [0.25, 0.3) is 0 Å². The van der Waals surface area contributed by atoms with Crippen LogP contribution in [0.1, 0.15) is 62.9 Å². The van der Waals surface area contributed by atoms with Crippen molar-refractivity contribution in [2.45, 2.75) is 57.1 Å². The predicted molar refractivity (Wildman–Crippen MR) is 57.9 cm³/mol. The second-order valence-corrected chi connectivity index (χ2v) is 4.78. The zero-order valence-corrected chi connectivity index (χ0v) is 9.51. The van der Waals surface area contributed by atoms with Gasteiger partial charge in [0.15, 0.2) is 5.82 Å². The lowest BCUT2D eigenvalue weighted by atomic mass is 9.95. The van der Waals surface area contributed by atoms with Gasteiger partial charge in [0, 0.05) is 6.61 Å². The highest BCUT2D eigenvalue weighted by atomic mass is 16.5. The van der Waals surface area contributed by atoms with E-state index in [1.807, 2.05) is 4.68 Å². The van der Waals surface area contributed by atoms with Crippen LogP contribution in [0.2, 0.25) is 0 Å². The average molecular weight is 222 g/mol. The topological polar surface area (TPSA) is 52.8 Å². The normalized spacial score (nSPS) is 27.4. The van der Waals surface area contributed by atoms with Crippen molar-refractivity contribution in [2.75, 3.05) is 6.61 Å². The van der Waals surface area contributed by atoms with Crippen LogP contribution in [0.4, 0.5) is 0 Å². The van der Waals surface area contributed by atoms with Crippen molar-refractivity contribution in [3.05, 3.63) is 5.82 Å². The molecule has 0 N–H and O–H groups in total. The Morgan fingerprint density at radius 3 is 2.69 bits per heavy atom. The van der Waals surface area contributed by atoms with Crippen LogP contribution in [-0.2, 0) is 4.74 Å². The molecule has 88 valence electrons.